The van der Waals surface area contributed by atoms with Gasteiger partial charge in [0.25, 0.3) is 0 Å². The predicted molar refractivity (Wildman–Crippen MR) is 66.5 cm³/mol. The number of thiocarbonyl (C=S) groups is 1. The van der Waals surface area contributed by atoms with E-state index in [9.17, 15) is 0 Å². The Kier molecular flexibility index (Phi) is 3.02. The van der Waals surface area contributed by atoms with Crippen molar-refractivity contribution in [3.05, 3.63) is 48.0 Å². The van der Waals surface area contributed by atoms with Gasteiger partial charge in [0.05, 0.1) is 0 Å². The van der Waals surface area contributed by atoms with Crippen molar-refractivity contribution in [1.82, 2.24) is 10.2 Å². The summed E-state index contributed by atoms with van der Waals surface area (Å²) in [6.45, 7) is 6.22. The molecule has 1 aromatic rings. The Hall–Kier alpha value is -1.35. The van der Waals surface area contributed by atoms with Crippen molar-refractivity contribution in [3.8, 4) is 0 Å². The zero-order valence-electron chi connectivity index (χ0n) is 8.57. The molecule has 0 spiro atoms. The van der Waals surface area contributed by atoms with E-state index in [2.05, 4.69) is 41.1 Å². The van der Waals surface area contributed by atoms with Gasteiger partial charge in [-0.3, -0.25) is 0 Å². The standard InChI is InChI=1S/C12H14N2S/c1-2-7-13-12(15)14-8-10-5-3-4-6-11(10)9-14/h2-6H,1,7-9H2,(H,13,15). The molecule has 0 aromatic heterocycles. The molecule has 1 N–H and O–H groups in total. The summed E-state index contributed by atoms with van der Waals surface area (Å²) < 4.78 is 0. The van der Waals surface area contributed by atoms with Crippen molar-refractivity contribution < 1.29 is 0 Å². The number of rotatable bonds is 2. The number of hydrogen-bond acceptors (Lipinski definition) is 1. The van der Waals surface area contributed by atoms with Gasteiger partial charge in [-0.05, 0) is 23.3 Å². The largest absolute Gasteiger partial charge is 0.359 e. The molecule has 2 rings (SSSR count). The molecule has 0 unspecified atom stereocenters. The van der Waals surface area contributed by atoms with Crippen LogP contribution in [0.25, 0.3) is 0 Å². The number of nitrogens with zero attached hydrogens (tertiary/aromatic N) is 1. The maximum Gasteiger partial charge on any atom is 0.169 e. The fourth-order valence-corrected chi connectivity index (χ4v) is 1.96. The third-order valence-corrected chi connectivity index (χ3v) is 2.93. The smallest absolute Gasteiger partial charge is 0.169 e. The van der Waals surface area contributed by atoms with E-state index in [0.29, 0.717) is 0 Å². The Morgan fingerprint density at radius 1 is 1.40 bits per heavy atom. The SMILES string of the molecule is C=CCNC(=S)N1Cc2ccccc2C1. The first-order valence-corrected chi connectivity index (χ1v) is 5.42. The summed E-state index contributed by atoms with van der Waals surface area (Å²) >= 11 is 5.29. The molecule has 0 saturated carbocycles. The van der Waals surface area contributed by atoms with Gasteiger partial charge < -0.3 is 10.2 Å². The summed E-state index contributed by atoms with van der Waals surface area (Å²) in [5, 5.41) is 3.96. The van der Waals surface area contributed by atoms with Gasteiger partial charge in [0, 0.05) is 19.6 Å². The lowest BCUT2D eigenvalue weighted by atomic mass is 10.1. The first-order chi connectivity index (χ1) is 7.31. The zero-order chi connectivity index (χ0) is 10.7. The van der Waals surface area contributed by atoms with Crippen LogP contribution in [0.4, 0.5) is 0 Å². The van der Waals surface area contributed by atoms with Crippen LogP contribution in [0, 0.1) is 0 Å². The summed E-state index contributed by atoms with van der Waals surface area (Å²) in [6.07, 6.45) is 1.81. The molecule has 2 nitrogen and oxygen atoms in total. The van der Waals surface area contributed by atoms with Gasteiger partial charge in [0.1, 0.15) is 0 Å². The van der Waals surface area contributed by atoms with Crippen LogP contribution < -0.4 is 5.32 Å². The van der Waals surface area contributed by atoms with Gasteiger partial charge in [-0.2, -0.15) is 0 Å². The highest BCUT2D eigenvalue weighted by molar-refractivity contribution is 7.80. The summed E-state index contributed by atoms with van der Waals surface area (Å²) in [5.74, 6) is 0. The molecule has 0 radical (unpaired) electrons. The fourth-order valence-electron chi connectivity index (χ4n) is 1.75. The monoisotopic (exact) mass is 218 g/mol. The lowest BCUT2D eigenvalue weighted by Gasteiger charge is -2.18. The minimum atomic E-state index is 0.728. The number of nitrogens with one attached hydrogen (secondary N) is 1. The van der Waals surface area contributed by atoms with Crippen LogP contribution in [-0.2, 0) is 13.1 Å². The molecule has 1 aromatic carbocycles. The Balaban J connectivity index is 2.00. The Labute approximate surface area is 95.6 Å². The molecule has 15 heavy (non-hydrogen) atoms. The zero-order valence-corrected chi connectivity index (χ0v) is 9.39. The topological polar surface area (TPSA) is 15.3 Å². The Morgan fingerprint density at radius 3 is 2.53 bits per heavy atom. The molecule has 0 saturated heterocycles. The molecule has 78 valence electrons. The van der Waals surface area contributed by atoms with Crippen LogP contribution in [0.5, 0.6) is 0 Å². The maximum atomic E-state index is 5.29. The third kappa shape index (κ3) is 2.18. The summed E-state index contributed by atoms with van der Waals surface area (Å²) in [4.78, 5) is 2.17. The normalized spacial score (nSPS) is 13.5. The molecular weight excluding hydrogens is 204 g/mol. The lowest BCUT2D eigenvalue weighted by Crippen LogP contribution is -2.36. The van der Waals surface area contributed by atoms with Crippen LogP contribution in [0.1, 0.15) is 11.1 Å². The Morgan fingerprint density at radius 2 is 2.00 bits per heavy atom. The molecule has 0 fully saturated rings. The van der Waals surface area contributed by atoms with Crippen LogP contribution in [0.15, 0.2) is 36.9 Å². The van der Waals surface area contributed by atoms with Crippen molar-refractivity contribution in [2.75, 3.05) is 6.54 Å². The first kappa shape index (κ1) is 10.2. The predicted octanol–water partition coefficient (Wildman–Crippen LogP) is 2.06. The molecule has 3 heteroatoms. The maximum absolute atomic E-state index is 5.29. The third-order valence-electron chi connectivity index (χ3n) is 2.53. The molecule has 1 heterocycles. The summed E-state index contributed by atoms with van der Waals surface area (Å²) in [5.41, 5.74) is 2.75. The molecule has 0 amide bonds. The van der Waals surface area contributed by atoms with Gasteiger partial charge in [-0.1, -0.05) is 30.3 Å². The van der Waals surface area contributed by atoms with E-state index in [4.69, 9.17) is 12.2 Å². The van der Waals surface area contributed by atoms with Crippen LogP contribution >= 0.6 is 12.2 Å². The molecule has 0 aliphatic carbocycles. The second-order valence-electron chi connectivity index (χ2n) is 3.60. The number of hydrogen-bond donors (Lipinski definition) is 1. The van der Waals surface area contributed by atoms with Crippen molar-refractivity contribution in [2.24, 2.45) is 0 Å². The van der Waals surface area contributed by atoms with E-state index in [1.807, 2.05) is 6.08 Å². The van der Waals surface area contributed by atoms with Crippen molar-refractivity contribution in [1.29, 1.82) is 0 Å². The first-order valence-electron chi connectivity index (χ1n) is 5.01. The van der Waals surface area contributed by atoms with Crippen LogP contribution in [-0.4, -0.2) is 16.6 Å². The van der Waals surface area contributed by atoms with Crippen molar-refractivity contribution in [3.63, 3.8) is 0 Å². The second-order valence-corrected chi connectivity index (χ2v) is 3.99. The van der Waals surface area contributed by atoms with E-state index in [-0.39, 0.29) is 0 Å². The van der Waals surface area contributed by atoms with Crippen molar-refractivity contribution >= 4 is 17.3 Å². The van der Waals surface area contributed by atoms with Gasteiger partial charge in [-0.15, -0.1) is 6.58 Å². The molecule has 1 aliphatic heterocycles. The van der Waals surface area contributed by atoms with E-state index in [1.165, 1.54) is 11.1 Å². The van der Waals surface area contributed by atoms with Crippen molar-refractivity contribution in [2.45, 2.75) is 13.1 Å². The quantitative estimate of drug-likeness (QED) is 0.604. The van der Waals surface area contributed by atoms with E-state index in [0.717, 1.165) is 24.7 Å². The summed E-state index contributed by atoms with van der Waals surface area (Å²) in [7, 11) is 0. The highest BCUT2D eigenvalue weighted by Gasteiger charge is 2.19. The molecule has 0 bridgehead atoms. The average Bonchev–Trinajstić information content (AvgIpc) is 2.69. The van der Waals surface area contributed by atoms with Gasteiger partial charge in [0.15, 0.2) is 5.11 Å². The van der Waals surface area contributed by atoms with Crippen LogP contribution in [0.2, 0.25) is 0 Å². The van der Waals surface area contributed by atoms with Crippen LogP contribution in [0.3, 0.4) is 0 Å². The molecule has 0 atom stereocenters. The number of fused-ring (bicyclic) bond motifs is 1. The highest BCUT2D eigenvalue weighted by Crippen LogP contribution is 2.21. The lowest BCUT2D eigenvalue weighted by molar-refractivity contribution is 0.441. The van der Waals surface area contributed by atoms with E-state index < -0.39 is 0 Å². The molecule has 1 aliphatic rings. The van der Waals surface area contributed by atoms with E-state index >= 15 is 0 Å². The molecular formula is C12H14N2S. The average molecular weight is 218 g/mol. The Bertz CT molecular complexity index is 362. The van der Waals surface area contributed by atoms with Gasteiger partial charge in [-0.25, -0.2) is 0 Å². The van der Waals surface area contributed by atoms with E-state index in [1.54, 1.807) is 0 Å². The number of benzene rings is 1. The second kappa shape index (κ2) is 4.45. The highest BCUT2D eigenvalue weighted by atomic mass is 32.1. The minimum absolute atomic E-state index is 0.728. The minimum Gasteiger partial charge on any atom is -0.359 e. The summed E-state index contributed by atoms with van der Waals surface area (Å²) in [6, 6.07) is 8.46. The fraction of sp³-hybridized carbons (Fsp3) is 0.250. The van der Waals surface area contributed by atoms with Gasteiger partial charge in [0.2, 0.25) is 0 Å². The van der Waals surface area contributed by atoms with Gasteiger partial charge >= 0.3 is 0 Å².